The molecule has 1 atom stereocenters. The lowest BCUT2D eigenvalue weighted by Crippen LogP contribution is -2.35. The molecule has 0 bridgehead atoms. The highest BCUT2D eigenvalue weighted by Crippen LogP contribution is 2.12. The van der Waals surface area contributed by atoms with Crippen LogP contribution in [0.5, 0.6) is 0 Å². The molecule has 1 aliphatic heterocycles. The van der Waals surface area contributed by atoms with Gasteiger partial charge in [-0.3, -0.25) is 4.79 Å². The largest absolute Gasteiger partial charge is 0.368 e. The van der Waals surface area contributed by atoms with Gasteiger partial charge in [0.25, 0.3) is 0 Å². The van der Waals surface area contributed by atoms with Crippen LogP contribution in [0.3, 0.4) is 0 Å². The van der Waals surface area contributed by atoms with Gasteiger partial charge in [0, 0.05) is 13.2 Å². The van der Waals surface area contributed by atoms with E-state index in [0.29, 0.717) is 19.6 Å². The maximum absolute atomic E-state index is 11.7. The number of nitrogens with two attached hydrogens (primary N) is 1. The Kier molecular flexibility index (Phi) is 4.74. The standard InChI is InChI=1S/C13H18N2O4S/c14-20(17,18)11-5-3-10(4-6-11)7-8-15-13(16)12-2-1-9-19-12/h3-6,12H,1-2,7-9H2,(H,15,16)(H2,14,17,18)/t12-/m0/s1. The Hall–Kier alpha value is -1.44. The lowest BCUT2D eigenvalue weighted by Gasteiger charge is -2.10. The third-order valence-electron chi connectivity index (χ3n) is 3.19. The number of sulfonamides is 1. The molecule has 1 aromatic carbocycles. The summed E-state index contributed by atoms with van der Waals surface area (Å²) < 4.78 is 27.5. The van der Waals surface area contributed by atoms with E-state index in [-0.39, 0.29) is 16.9 Å². The van der Waals surface area contributed by atoms with E-state index in [9.17, 15) is 13.2 Å². The van der Waals surface area contributed by atoms with Crippen LogP contribution in [0.2, 0.25) is 0 Å². The van der Waals surface area contributed by atoms with Crippen molar-refractivity contribution in [3.8, 4) is 0 Å². The first-order valence-corrected chi connectivity index (χ1v) is 8.02. The number of ether oxygens (including phenoxy) is 1. The Morgan fingerprint density at radius 1 is 1.35 bits per heavy atom. The summed E-state index contributed by atoms with van der Waals surface area (Å²) in [4.78, 5) is 11.8. The van der Waals surface area contributed by atoms with Crippen LogP contribution in [0, 0.1) is 0 Å². The second kappa shape index (κ2) is 6.34. The maximum Gasteiger partial charge on any atom is 0.249 e. The number of carbonyl (C=O) groups is 1. The molecule has 0 spiro atoms. The maximum atomic E-state index is 11.7. The summed E-state index contributed by atoms with van der Waals surface area (Å²) in [5.41, 5.74) is 0.935. The molecule has 7 heteroatoms. The third kappa shape index (κ3) is 4.03. The van der Waals surface area contributed by atoms with Gasteiger partial charge >= 0.3 is 0 Å². The Labute approximate surface area is 118 Å². The van der Waals surface area contributed by atoms with Gasteiger partial charge < -0.3 is 10.1 Å². The molecule has 0 radical (unpaired) electrons. The number of hydrogen-bond donors (Lipinski definition) is 2. The Morgan fingerprint density at radius 2 is 2.05 bits per heavy atom. The fourth-order valence-corrected chi connectivity index (χ4v) is 2.59. The highest BCUT2D eigenvalue weighted by molar-refractivity contribution is 7.89. The van der Waals surface area contributed by atoms with E-state index in [2.05, 4.69) is 5.32 Å². The van der Waals surface area contributed by atoms with Crippen LogP contribution in [0.25, 0.3) is 0 Å². The summed E-state index contributed by atoms with van der Waals surface area (Å²) in [5.74, 6) is -0.0799. The highest BCUT2D eigenvalue weighted by atomic mass is 32.2. The molecule has 0 saturated carbocycles. The number of nitrogens with one attached hydrogen (secondary N) is 1. The minimum Gasteiger partial charge on any atom is -0.368 e. The lowest BCUT2D eigenvalue weighted by atomic mass is 10.1. The van der Waals surface area contributed by atoms with Crippen molar-refractivity contribution < 1.29 is 17.9 Å². The quantitative estimate of drug-likeness (QED) is 0.809. The third-order valence-corrected chi connectivity index (χ3v) is 4.12. The van der Waals surface area contributed by atoms with Crippen molar-refractivity contribution >= 4 is 15.9 Å². The number of carbonyl (C=O) groups excluding carboxylic acids is 1. The minimum atomic E-state index is -3.65. The first-order valence-electron chi connectivity index (χ1n) is 6.48. The van der Waals surface area contributed by atoms with Gasteiger partial charge in [-0.2, -0.15) is 0 Å². The van der Waals surface area contributed by atoms with E-state index in [0.717, 1.165) is 18.4 Å². The van der Waals surface area contributed by atoms with Gasteiger partial charge in [0.2, 0.25) is 15.9 Å². The molecule has 1 heterocycles. The molecule has 2 rings (SSSR count). The number of primary sulfonamides is 1. The fraction of sp³-hybridized carbons (Fsp3) is 0.462. The van der Waals surface area contributed by atoms with Crippen LogP contribution in [0.1, 0.15) is 18.4 Å². The van der Waals surface area contributed by atoms with Crippen LogP contribution in [0.15, 0.2) is 29.2 Å². The van der Waals surface area contributed by atoms with Gasteiger partial charge in [-0.25, -0.2) is 13.6 Å². The van der Waals surface area contributed by atoms with Crippen molar-refractivity contribution in [1.29, 1.82) is 0 Å². The van der Waals surface area contributed by atoms with Crippen LogP contribution < -0.4 is 10.5 Å². The van der Waals surface area contributed by atoms with Crippen molar-refractivity contribution in [2.45, 2.75) is 30.3 Å². The molecule has 1 aromatic rings. The van der Waals surface area contributed by atoms with Crippen molar-refractivity contribution in [3.63, 3.8) is 0 Å². The molecule has 1 aliphatic rings. The van der Waals surface area contributed by atoms with E-state index < -0.39 is 10.0 Å². The van der Waals surface area contributed by atoms with Gasteiger partial charge in [-0.05, 0) is 37.0 Å². The smallest absolute Gasteiger partial charge is 0.249 e. The molecule has 6 nitrogen and oxygen atoms in total. The first-order chi connectivity index (χ1) is 9.47. The average molecular weight is 298 g/mol. The number of rotatable bonds is 5. The van der Waals surface area contributed by atoms with E-state index in [1.807, 2.05) is 0 Å². The van der Waals surface area contributed by atoms with Crippen molar-refractivity contribution in [2.75, 3.05) is 13.2 Å². The molecule has 20 heavy (non-hydrogen) atoms. The number of amides is 1. The zero-order chi connectivity index (χ0) is 14.6. The van der Waals surface area contributed by atoms with Gasteiger partial charge in [0.15, 0.2) is 0 Å². The van der Waals surface area contributed by atoms with Crippen LogP contribution in [0.4, 0.5) is 0 Å². The molecule has 1 amide bonds. The molecule has 110 valence electrons. The molecule has 3 N–H and O–H groups in total. The monoisotopic (exact) mass is 298 g/mol. The van der Waals surface area contributed by atoms with E-state index in [1.54, 1.807) is 12.1 Å². The molecule has 0 unspecified atom stereocenters. The number of hydrogen-bond acceptors (Lipinski definition) is 4. The topological polar surface area (TPSA) is 98.5 Å². The summed E-state index contributed by atoms with van der Waals surface area (Å²) in [6.45, 7) is 1.14. The summed E-state index contributed by atoms with van der Waals surface area (Å²) in [6.07, 6.45) is 2.01. The predicted molar refractivity (Wildman–Crippen MR) is 73.5 cm³/mol. The zero-order valence-electron chi connectivity index (χ0n) is 11.0. The fourth-order valence-electron chi connectivity index (χ4n) is 2.07. The molecule has 0 aromatic heterocycles. The highest BCUT2D eigenvalue weighted by Gasteiger charge is 2.22. The van der Waals surface area contributed by atoms with Gasteiger partial charge in [0.1, 0.15) is 6.10 Å². The molecule has 1 fully saturated rings. The summed E-state index contributed by atoms with van der Waals surface area (Å²) in [7, 11) is -3.65. The summed E-state index contributed by atoms with van der Waals surface area (Å²) in [6, 6.07) is 6.31. The normalized spacial score (nSPS) is 18.9. The van der Waals surface area contributed by atoms with Crippen molar-refractivity contribution in [1.82, 2.24) is 5.32 Å². The van der Waals surface area contributed by atoms with E-state index >= 15 is 0 Å². The van der Waals surface area contributed by atoms with Crippen molar-refractivity contribution in [2.24, 2.45) is 5.14 Å². The SMILES string of the molecule is NS(=O)(=O)c1ccc(CCNC(=O)[C@@H]2CCCO2)cc1. The van der Waals surface area contributed by atoms with Crippen LogP contribution in [-0.4, -0.2) is 33.6 Å². The summed E-state index contributed by atoms with van der Waals surface area (Å²) in [5, 5.41) is 7.83. The minimum absolute atomic E-state index is 0.0799. The van der Waals surface area contributed by atoms with E-state index in [1.165, 1.54) is 12.1 Å². The van der Waals surface area contributed by atoms with Crippen molar-refractivity contribution in [3.05, 3.63) is 29.8 Å². The Balaban J connectivity index is 1.81. The van der Waals surface area contributed by atoms with Gasteiger partial charge in [-0.1, -0.05) is 12.1 Å². The molecule has 0 aliphatic carbocycles. The van der Waals surface area contributed by atoms with E-state index in [4.69, 9.17) is 9.88 Å². The first kappa shape index (κ1) is 15.0. The zero-order valence-corrected chi connectivity index (χ0v) is 11.9. The Bertz CT molecular complexity index is 563. The van der Waals surface area contributed by atoms with Crippen LogP contribution >= 0.6 is 0 Å². The lowest BCUT2D eigenvalue weighted by molar-refractivity contribution is -0.129. The molecular weight excluding hydrogens is 280 g/mol. The number of benzene rings is 1. The van der Waals surface area contributed by atoms with Crippen LogP contribution in [-0.2, 0) is 26.0 Å². The average Bonchev–Trinajstić information content (AvgIpc) is 2.92. The second-order valence-corrected chi connectivity index (χ2v) is 6.29. The molecule has 1 saturated heterocycles. The molecular formula is C13H18N2O4S. The Morgan fingerprint density at radius 3 is 2.60 bits per heavy atom. The summed E-state index contributed by atoms with van der Waals surface area (Å²) >= 11 is 0. The second-order valence-electron chi connectivity index (χ2n) is 4.73. The van der Waals surface area contributed by atoms with Gasteiger partial charge in [-0.15, -0.1) is 0 Å². The predicted octanol–water partition coefficient (Wildman–Crippen LogP) is 0.172. The van der Waals surface area contributed by atoms with Gasteiger partial charge in [0.05, 0.1) is 4.90 Å².